The Kier molecular flexibility index (Phi) is 3.85. The molecule has 0 spiro atoms. The van der Waals surface area contributed by atoms with Crippen LogP contribution in [0.5, 0.6) is 0 Å². The smallest absolute Gasteiger partial charge is 0.317 e. The maximum absolute atomic E-state index is 11.9. The Hall–Kier alpha value is -1.28. The first-order chi connectivity index (χ1) is 8.20. The molecule has 2 amide bonds. The van der Waals surface area contributed by atoms with E-state index in [9.17, 15) is 4.79 Å². The molecule has 2 fully saturated rings. The molecule has 0 aromatic heterocycles. The van der Waals surface area contributed by atoms with Gasteiger partial charge >= 0.3 is 6.03 Å². The molecule has 2 rings (SSSR count). The van der Waals surface area contributed by atoms with E-state index >= 15 is 0 Å². The molecule has 1 heterocycles. The van der Waals surface area contributed by atoms with Crippen LogP contribution >= 0.6 is 0 Å². The molecule has 2 unspecified atom stereocenters. The van der Waals surface area contributed by atoms with E-state index in [1.807, 2.05) is 17.9 Å². The standard InChI is InChI=1S/C12H19N3O2/c1-9-7-15(12(16)14-6-2-5-13)8-11(17-9)10-3-4-10/h9-11H,2-4,6-8H2,1H3,(H,14,16). The fourth-order valence-electron chi connectivity index (χ4n) is 2.22. The predicted octanol–water partition coefficient (Wildman–Crippen LogP) is 1.11. The molecule has 17 heavy (non-hydrogen) atoms. The maximum atomic E-state index is 11.9. The molecule has 2 atom stereocenters. The third-order valence-corrected chi connectivity index (χ3v) is 3.23. The molecule has 0 bridgehead atoms. The van der Waals surface area contributed by atoms with Gasteiger partial charge in [0.25, 0.3) is 0 Å². The number of amides is 2. The van der Waals surface area contributed by atoms with Gasteiger partial charge in [-0.25, -0.2) is 4.79 Å². The van der Waals surface area contributed by atoms with Crippen molar-refractivity contribution in [1.82, 2.24) is 10.2 Å². The van der Waals surface area contributed by atoms with Crippen molar-refractivity contribution in [3.8, 4) is 6.07 Å². The Morgan fingerprint density at radius 3 is 2.94 bits per heavy atom. The summed E-state index contributed by atoms with van der Waals surface area (Å²) in [5, 5.41) is 11.2. The van der Waals surface area contributed by atoms with E-state index in [0.717, 1.165) is 0 Å². The van der Waals surface area contributed by atoms with Crippen molar-refractivity contribution in [2.75, 3.05) is 19.6 Å². The number of rotatable bonds is 3. The molecule has 1 N–H and O–H groups in total. The zero-order chi connectivity index (χ0) is 12.3. The summed E-state index contributed by atoms with van der Waals surface area (Å²) in [6.45, 7) is 3.76. The number of urea groups is 1. The molecule has 0 aromatic rings. The van der Waals surface area contributed by atoms with Gasteiger partial charge < -0.3 is 15.0 Å². The minimum atomic E-state index is -0.0685. The molecule has 2 aliphatic rings. The number of nitriles is 1. The fourth-order valence-corrected chi connectivity index (χ4v) is 2.22. The molecule has 0 aromatic carbocycles. The van der Waals surface area contributed by atoms with Gasteiger partial charge in [-0.3, -0.25) is 0 Å². The highest BCUT2D eigenvalue weighted by molar-refractivity contribution is 5.74. The Morgan fingerprint density at radius 2 is 2.29 bits per heavy atom. The average molecular weight is 237 g/mol. The third-order valence-electron chi connectivity index (χ3n) is 3.23. The van der Waals surface area contributed by atoms with Gasteiger partial charge in [0.15, 0.2) is 0 Å². The molecule has 1 saturated heterocycles. The first kappa shape index (κ1) is 12.2. The van der Waals surface area contributed by atoms with Gasteiger partial charge in [0.05, 0.1) is 24.7 Å². The number of nitrogens with one attached hydrogen (secondary N) is 1. The van der Waals surface area contributed by atoms with Crippen molar-refractivity contribution in [2.45, 2.75) is 38.4 Å². The number of carbonyl (C=O) groups is 1. The van der Waals surface area contributed by atoms with Crippen LogP contribution in [-0.2, 0) is 4.74 Å². The molecular weight excluding hydrogens is 218 g/mol. The Balaban J connectivity index is 1.82. The minimum Gasteiger partial charge on any atom is -0.371 e. The summed E-state index contributed by atoms with van der Waals surface area (Å²) in [5.74, 6) is 0.646. The van der Waals surface area contributed by atoms with Gasteiger partial charge in [0, 0.05) is 19.6 Å². The normalized spacial score (nSPS) is 28.6. The van der Waals surface area contributed by atoms with E-state index in [0.29, 0.717) is 32.0 Å². The van der Waals surface area contributed by atoms with E-state index in [-0.39, 0.29) is 18.2 Å². The summed E-state index contributed by atoms with van der Waals surface area (Å²) in [4.78, 5) is 13.7. The molecule has 1 aliphatic heterocycles. The van der Waals surface area contributed by atoms with Gasteiger partial charge in [-0.15, -0.1) is 0 Å². The van der Waals surface area contributed by atoms with Gasteiger partial charge in [0.2, 0.25) is 0 Å². The highest BCUT2D eigenvalue weighted by Gasteiger charge is 2.38. The molecule has 0 radical (unpaired) electrons. The number of morpholine rings is 1. The highest BCUT2D eigenvalue weighted by Crippen LogP contribution is 2.36. The van der Waals surface area contributed by atoms with E-state index in [1.54, 1.807) is 0 Å². The van der Waals surface area contributed by atoms with Gasteiger partial charge in [-0.05, 0) is 25.7 Å². The van der Waals surface area contributed by atoms with Gasteiger partial charge in [-0.1, -0.05) is 0 Å². The van der Waals surface area contributed by atoms with E-state index in [1.165, 1.54) is 12.8 Å². The van der Waals surface area contributed by atoms with Crippen LogP contribution in [0.15, 0.2) is 0 Å². The number of ether oxygens (including phenoxy) is 1. The lowest BCUT2D eigenvalue weighted by atomic mass is 10.1. The summed E-state index contributed by atoms with van der Waals surface area (Å²) in [6.07, 6.45) is 3.12. The molecule has 5 heteroatoms. The SMILES string of the molecule is CC1CN(C(=O)NCCC#N)CC(C2CC2)O1. The van der Waals surface area contributed by atoms with Crippen LogP contribution in [0.1, 0.15) is 26.2 Å². The van der Waals surface area contributed by atoms with Gasteiger partial charge in [-0.2, -0.15) is 5.26 Å². The second-order valence-corrected chi connectivity index (χ2v) is 4.87. The van der Waals surface area contributed by atoms with E-state index < -0.39 is 0 Å². The number of nitrogens with zero attached hydrogens (tertiary/aromatic N) is 2. The molecule has 94 valence electrons. The Labute approximate surface area is 102 Å². The summed E-state index contributed by atoms with van der Waals surface area (Å²) >= 11 is 0. The van der Waals surface area contributed by atoms with Crippen LogP contribution < -0.4 is 5.32 Å². The molecular formula is C12H19N3O2. The van der Waals surface area contributed by atoms with Crippen LogP contribution in [0, 0.1) is 17.2 Å². The lowest BCUT2D eigenvalue weighted by molar-refractivity contribution is -0.0730. The van der Waals surface area contributed by atoms with Crippen LogP contribution in [-0.4, -0.2) is 42.8 Å². The van der Waals surface area contributed by atoms with Crippen molar-refractivity contribution in [3.63, 3.8) is 0 Å². The van der Waals surface area contributed by atoms with E-state index in [4.69, 9.17) is 10.00 Å². The fraction of sp³-hybridized carbons (Fsp3) is 0.833. The number of hydrogen-bond donors (Lipinski definition) is 1. The second kappa shape index (κ2) is 5.37. The Bertz CT molecular complexity index is 322. The second-order valence-electron chi connectivity index (χ2n) is 4.87. The summed E-state index contributed by atoms with van der Waals surface area (Å²) < 4.78 is 5.84. The predicted molar refractivity (Wildman–Crippen MR) is 62.3 cm³/mol. The first-order valence-corrected chi connectivity index (χ1v) is 6.26. The largest absolute Gasteiger partial charge is 0.371 e. The van der Waals surface area contributed by atoms with Crippen molar-refractivity contribution in [1.29, 1.82) is 5.26 Å². The van der Waals surface area contributed by atoms with Crippen molar-refractivity contribution >= 4 is 6.03 Å². The molecule has 1 saturated carbocycles. The lowest BCUT2D eigenvalue weighted by Crippen LogP contribution is -2.53. The van der Waals surface area contributed by atoms with Crippen molar-refractivity contribution < 1.29 is 9.53 Å². The summed E-state index contributed by atoms with van der Waals surface area (Å²) in [5.41, 5.74) is 0. The third kappa shape index (κ3) is 3.34. The van der Waals surface area contributed by atoms with E-state index in [2.05, 4.69) is 5.32 Å². The monoisotopic (exact) mass is 237 g/mol. The minimum absolute atomic E-state index is 0.0685. The molecule has 5 nitrogen and oxygen atoms in total. The van der Waals surface area contributed by atoms with Crippen LogP contribution in [0.4, 0.5) is 4.79 Å². The highest BCUT2D eigenvalue weighted by atomic mass is 16.5. The van der Waals surface area contributed by atoms with Crippen molar-refractivity contribution in [2.24, 2.45) is 5.92 Å². The summed E-state index contributed by atoms with van der Waals surface area (Å²) in [6, 6.07) is 1.95. The topological polar surface area (TPSA) is 65.4 Å². The van der Waals surface area contributed by atoms with Crippen molar-refractivity contribution in [3.05, 3.63) is 0 Å². The molecule has 1 aliphatic carbocycles. The van der Waals surface area contributed by atoms with Crippen LogP contribution in [0.25, 0.3) is 0 Å². The Morgan fingerprint density at radius 1 is 1.53 bits per heavy atom. The number of hydrogen-bond acceptors (Lipinski definition) is 3. The lowest BCUT2D eigenvalue weighted by Gasteiger charge is -2.36. The zero-order valence-corrected chi connectivity index (χ0v) is 10.2. The zero-order valence-electron chi connectivity index (χ0n) is 10.2. The average Bonchev–Trinajstić information content (AvgIpc) is 3.12. The van der Waals surface area contributed by atoms with Crippen LogP contribution in [0.3, 0.4) is 0 Å². The maximum Gasteiger partial charge on any atom is 0.317 e. The summed E-state index contributed by atoms with van der Waals surface area (Å²) in [7, 11) is 0. The quantitative estimate of drug-likeness (QED) is 0.748. The van der Waals surface area contributed by atoms with Crippen LogP contribution in [0.2, 0.25) is 0 Å². The first-order valence-electron chi connectivity index (χ1n) is 6.26. The number of carbonyl (C=O) groups excluding carboxylic acids is 1. The van der Waals surface area contributed by atoms with Gasteiger partial charge in [0.1, 0.15) is 0 Å².